The van der Waals surface area contributed by atoms with Crippen molar-refractivity contribution in [2.45, 2.75) is 12.3 Å². The van der Waals surface area contributed by atoms with E-state index < -0.39 is 0 Å². The summed E-state index contributed by atoms with van der Waals surface area (Å²) in [7, 11) is 0. The molecule has 0 spiro atoms. The monoisotopic (exact) mass is 409 g/mol. The molecule has 1 amide bonds. The maximum absolute atomic E-state index is 12.2. The second-order valence-electron chi connectivity index (χ2n) is 7.66. The van der Waals surface area contributed by atoms with Crippen LogP contribution in [0.3, 0.4) is 0 Å². The molecule has 0 fully saturated rings. The Labute approximate surface area is 180 Å². The molecule has 4 aromatic rings. The molecule has 0 atom stereocenters. The van der Waals surface area contributed by atoms with Gasteiger partial charge < -0.3 is 10.1 Å². The van der Waals surface area contributed by atoms with Crippen molar-refractivity contribution in [1.29, 1.82) is 0 Å². The standard InChI is InChI=1S/C26H23N3O2/c30-26(27-14-6-5-7-18-12-13-25-19(15-18)16-28-29-25)31-17-24-22-10-3-1-8-20(22)21-9-2-4-11-23(21)24/h1-5,7-13,15-16,24H,6,14,17H2,(H,27,30)(H,28,29). The van der Waals surface area contributed by atoms with Gasteiger partial charge in [-0.3, -0.25) is 5.10 Å². The second kappa shape index (κ2) is 8.48. The van der Waals surface area contributed by atoms with Crippen molar-refractivity contribution in [3.05, 3.63) is 95.7 Å². The molecule has 0 radical (unpaired) electrons. The molecule has 0 saturated heterocycles. The molecule has 5 rings (SSSR count). The Balaban J connectivity index is 1.12. The molecule has 0 aliphatic heterocycles. The molecule has 5 heteroatoms. The fraction of sp³-hybridized carbons (Fsp3) is 0.154. The predicted molar refractivity (Wildman–Crippen MR) is 123 cm³/mol. The third kappa shape index (κ3) is 3.94. The van der Waals surface area contributed by atoms with Crippen LogP contribution in [0.1, 0.15) is 29.0 Å². The fourth-order valence-corrected chi connectivity index (χ4v) is 4.19. The largest absolute Gasteiger partial charge is 0.449 e. The van der Waals surface area contributed by atoms with E-state index in [0.29, 0.717) is 13.2 Å². The second-order valence-corrected chi connectivity index (χ2v) is 7.66. The van der Waals surface area contributed by atoms with E-state index in [1.54, 1.807) is 0 Å². The first kappa shape index (κ1) is 19.1. The van der Waals surface area contributed by atoms with Gasteiger partial charge in [-0.25, -0.2) is 4.79 Å². The van der Waals surface area contributed by atoms with Gasteiger partial charge in [0.2, 0.25) is 0 Å². The molecule has 1 aromatic heterocycles. The van der Waals surface area contributed by atoms with Crippen LogP contribution in [0.15, 0.2) is 79.0 Å². The van der Waals surface area contributed by atoms with Crippen molar-refractivity contribution in [3.63, 3.8) is 0 Å². The number of ether oxygens (including phenoxy) is 1. The van der Waals surface area contributed by atoms with E-state index in [0.717, 1.165) is 22.9 Å². The summed E-state index contributed by atoms with van der Waals surface area (Å²) in [5.74, 6) is 0.0795. The van der Waals surface area contributed by atoms with Gasteiger partial charge in [0.15, 0.2) is 0 Å². The maximum Gasteiger partial charge on any atom is 0.407 e. The highest BCUT2D eigenvalue weighted by Gasteiger charge is 2.28. The average Bonchev–Trinajstić information content (AvgIpc) is 3.40. The molecule has 1 aliphatic rings. The third-order valence-electron chi connectivity index (χ3n) is 5.70. The lowest BCUT2D eigenvalue weighted by Crippen LogP contribution is -2.26. The first-order chi connectivity index (χ1) is 15.3. The molecular weight excluding hydrogens is 386 g/mol. The summed E-state index contributed by atoms with van der Waals surface area (Å²) < 4.78 is 5.56. The highest BCUT2D eigenvalue weighted by molar-refractivity contribution is 5.81. The van der Waals surface area contributed by atoms with Crippen LogP contribution >= 0.6 is 0 Å². The summed E-state index contributed by atoms with van der Waals surface area (Å²) in [4.78, 5) is 12.2. The zero-order valence-corrected chi connectivity index (χ0v) is 17.0. The normalized spacial score (nSPS) is 12.8. The van der Waals surface area contributed by atoms with Gasteiger partial charge in [-0.2, -0.15) is 5.10 Å². The molecule has 1 heterocycles. The highest BCUT2D eigenvalue weighted by Crippen LogP contribution is 2.44. The van der Waals surface area contributed by atoms with Gasteiger partial charge in [-0.05, 0) is 46.4 Å². The zero-order chi connectivity index (χ0) is 21.0. The number of alkyl carbamates (subject to hydrolysis) is 1. The van der Waals surface area contributed by atoms with Gasteiger partial charge in [0.25, 0.3) is 0 Å². The van der Waals surface area contributed by atoms with E-state index in [1.807, 2.05) is 54.7 Å². The van der Waals surface area contributed by atoms with E-state index >= 15 is 0 Å². The number of benzene rings is 3. The number of aromatic nitrogens is 2. The number of hydrogen-bond acceptors (Lipinski definition) is 3. The molecule has 154 valence electrons. The summed E-state index contributed by atoms with van der Waals surface area (Å²) in [6, 6.07) is 22.8. The van der Waals surface area contributed by atoms with Crippen LogP contribution in [0, 0.1) is 0 Å². The van der Waals surface area contributed by atoms with Crippen LogP contribution < -0.4 is 5.32 Å². The average molecular weight is 409 g/mol. The van der Waals surface area contributed by atoms with Crippen LogP contribution in [-0.2, 0) is 4.74 Å². The van der Waals surface area contributed by atoms with Crippen molar-refractivity contribution >= 4 is 23.1 Å². The van der Waals surface area contributed by atoms with Crippen LogP contribution in [0.4, 0.5) is 4.79 Å². The lowest BCUT2D eigenvalue weighted by Gasteiger charge is -2.14. The van der Waals surface area contributed by atoms with Crippen molar-refractivity contribution in [1.82, 2.24) is 15.5 Å². The molecule has 2 N–H and O–H groups in total. The Kier molecular flexibility index (Phi) is 5.23. The first-order valence-electron chi connectivity index (χ1n) is 10.5. The van der Waals surface area contributed by atoms with Gasteiger partial charge in [-0.15, -0.1) is 0 Å². The van der Waals surface area contributed by atoms with E-state index in [9.17, 15) is 4.79 Å². The topological polar surface area (TPSA) is 67.0 Å². The molecule has 0 saturated carbocycles. The van der Waals surface area contributed by atoms with Crippen molar-refractivity contribution < 1.29 is 9.53 Å². The van der Waals surface area contributed by atoms with Crippen molar-refractivity contribution in [3.8, 4) is 11.1 Å². The highest BCUT2D eigenvalue weighted by atomic mass is 16.5. The lowest BCUT2D eigenvalue weighted by atomic mass is 9.98. The van der Waals surface area contributed by atoms with Crippen molar-refractivity contribution in [2.24, 2.45) is 0 Å². The number of rotatable bonds is 6. The molecule has 31 heavy (non-hydrogen) atoms. The summed E-state index contributed by atoms with van der Waals surface area (Å²) >= 11 is 0. The summed E-state index contributed by atoms with van der Waals surface area (Å²) in [6.45, 7) is 0.863. The van der Waals surface area contributed by atoms with Gasteiger partial charge in [0.1, 0.15) is 6.61 Å². The van der Waals surface area contributed by atoms with Crippen LogP contribution in [-0.4, -0.2) is 29.4 Å². The minimum Gasteiger partial charge on any atom is -0.449 e. The Bertz CT molecular complexity index is 1210. The van der Waals surface area contributed by atoms with E-state index in [1.165, 1.54) is 22.3 Å². The number of nitrogens with zero attached hydrogens (tertiary/aromatic N) is 1. The van der Waals surface area contributed by atoms with Crippen LogP contribution in [0.5, 0.6) is 0 Å². The van der Waals surface area contributed by atoms with Gasteiger partial charge in [0.05, 0.1) is 11.7 Å². The minimum atomic E-state index is -0.380. The number of nitrogens with one attached hydrogen (secondary N) is 2. The van der Waals surface area contributed by atoms with Gasteiger partial charge in [-0.1, -0.05) is 66.7 Å². The van der Waals surface area contributed by atoms with E-state index in [4.69, 9.17) is 4.74 Å². The number of carbonyl (C=O) groups excluding carboxylic acids is 1. The van der Waals surface area contributed by atoms with E-state index in [-0.39, 0.29) is 12.0 Å². The lowest BCUT2D eigenvalue weighted by molar-refractivity contribution is 0.143. The Morgan fingerprint density at radius 1 is 1.03 bits per heavy atom. The van der Waals surface area contributed by atoms with E-state index in [2.05, 4.69) is 45.8 Å². The minimum absolute atomic E-state index is 0.0795. The summed E-state index contributed by atoms with van der Waals surface area (Å²) in [6.07, 6.45) is 6.26. The molecular formula is C26H23N3O2. The number of hydrogen-bond donors (Lipinski definition) is 2. The third-order valence-corrected chi connectivity index (χ3v) is 5.70. The molecule has 0 unspecified atom stereocenters. The number of fused-ring (bicyclic) bond motifs is 4. The van der Waals surface area contributed by atoms with Crippen LogP contribution in [0.2, 0.25) is 0 Å². The Hall–Kier alpha value is -3.86. The van der Waals surface area contributed by atoms with Gasteiger partial charge >= 0.3 is 6.09 Å². The summed E-state index contributed by atoms with van der Waals surface area (Å²) in [5.41, 5.74) is 7.02. The predicted octanol–water partition coefficient (Wildman–Crippen LogP) is 5.50. The first-order valence-corrected chi connectivity index (χ1v) is 10.5. The van der Waals surface area contributed by atoms with Crippen molar-refractivity contribution in [2.75, 3.05) is 13.2 Å². The molecule has 1 aliphatic carbocycles. The maximum atomic E-state index is 12.2. The fourth-order valence-electron chi connectivity index (χ4n) is 4.19. The number of amides is 1. The summed E-state index contributed by atoms with van der Waals surface area (Å²) in [5, 5.41) is 10.9. The molecule has 5 nitrogen and oxygen atoms in total. The Morgan fingerprint density at radius 2 is 1.77 bits per heavy atom. The van der Waals surface area contributed by atoms with Crippen LogP contribution in [0.25, 0.3) is 28.1 Å². The quantitative estimate of drug-likeness (QED) is 0.413. The number of H-pyrrole nitrogens is 1. The number of aromatic amines is 1. The Morgan fingerprint density at radius 3 is 2.55 bits per heavy atom. The molecule has 0 bridgehead atoms. The SMILES string of the molecule is O=C(NCCC=Cc1ccc2[nH]ncc2c1)OCC1c2ccccc2-c2ccccc21. The smallest absolute Gasteiger partial charge is 0.407 e. The van der Waals surface area contributed by atoms with Gasteiger partial charge in [0, 0.05) is 17.8 Å². The molecule has 3 aromatic carbocycles. The number of carbonyl (C=O) groups is 1. The zero-order valence-electron chi connectivity index (χ0n) is 17.0.